The van der Waals surface area contributed by atoms with E-state index in [1.165, 1.54) is 6.07 Å². The summed E-state index contributed by atoms with van der Waals surface area (Å²) in [5, 5.41) is 3.58. The van der Waals surface area contributed by atoms with Crippen LogP contribution in [0.25, 0.3) is 10.9 Å². The fourth-order valence-electron chi connectivity index (χ4n) is 4.77. The van der Waals surface area contributed by atoms with Crippen LogP contribution in [-0.2, 0) is 4.79 Å². The molecule has 0 radical (unpaired) electrons. The molecule has 2 aromatic rings. The molecule has 3 heterocycles. The van der Waals surface area contributed by atoms with Gasteiger partial charge in [-0.25, -0.2) is 4.39 Å². The van der Waals surface area contributed by atoms with Crippen LogP contribution in [0, 0.1) is 12.7 Å². The van der Waals surface area contributed by atoms with Crippen LogP contribution in [0.2, 0.25) is 0 Å². The number of halogens is 1. The first-order valence-electron chi connectivity index (χ1n) is 10.6. The SMILES string of the molecule is CC(=O)N1CCN([C@H]2C[C@H](NC(=O)c3cc4c(F)ccc(C)c4[nH]3)CN(C)C2)CC1. The Morgan fingerprint density at radius 3 is 2.57 bits per heavy atom. The molecule has 2 saturated heterocycles. The summed E-state index contributed by atoms with van der Waals surface area (Å²) in [5.41, 5.74) is 1.97. The van der Waals surface area contributed by atoms with Gasteiger partial charge in [-0.1, -0.05) is 6.07 Å². The van der Waals surface area contributed by atoms with E-state index >= 15 is 0 Å². The van der Waals surface area contributed by atoms with E-state index in [-0.39, 0.29) is 23.7 Å². The lowest BCUT2D eigenvalue weighted by molar-refractivity contribution is -0.131. The topological polar surface area (TPSA) is 71.7 Å². The second-order valence-electron chi connectivity index (χ2n) is 8.66. The van der Waals surface area contributed by atoms with Gasteiger partial charge in [-0.05, 0) is 38.1 Å². The molecule has 2 aliphatic heterocycles. The predicted molar refractivity (Wildman–Crippen MR) is 114 cm³/mol. The maximum absolute atomic E-state index is 14.1. The number of hydrogen-bond donors (Lipinski definition) is 2. The second kappa shape index (κ2) is 8.35. The summed E-state index contributed by atoms with van der Waals surface area (Å²) < 4.78 is 14.1. The van der Waals surface area contributed by atoms with Gasteiger partial charge < -0.3 is 20.1 Å². The fraction of sp³-hybridized carbons (Fsp3) is 0.545. The largest absolute Gasteiger partial charge is 0.350 e. The van der Waals surface area contributed by atoms with Gasteiger partial charge in [0.25, 0.3) is 5.91 Å². The number of carbonyl (C=O) groups is 2. The third-order valence-electron chi connectivity index (χ3n) is 6.42. The third kappa shape index (κ3) is 4.20. The lowest BCUT2D eigenvalue weighted by Crippen LogP contribution is -2.59. The molecule has 2 amide bonds. The second-order valence-corrected chi connectivity index (χ2v) is 8.66. The minimum absolute atomic E-state index is 0.0180. The van der Waals surface area contributed by atoms with Crippen LogP contribution in [0.4, 0.5) is 4.39 Å². The van der Waals surface area contributed by atoms with Crippen LogP contribution in [-0.4, -0.2) is 89.9 Å². The van der Waals surface area contributed by atoms with Crippen molar-refractivity contribution >= 4 is 22.7 Å². The quantitative estimate of drug-likeness (QED) is 0.799. The number of aromatic amines is 1. The first-order valence-corrected chi connectivity index (χ1v) is 10.6. The molecule has 0 bridgehead atoms. The van der Waals surface area contributed by atoms with Crippen molar-refractivity contribution in [3.63, 3.8) is 0 Å². The van der Waals surface area contributed by atoms with Gasteiger partial charge in [0.05, 0.1) is 5.52 Å². The Hall–Kier alpha value is -2.45. The standard InChI is InChI=1S/C22H30FN5O2/c1-14-4-5-19(23)18-11-20(25-21(14)18)22(30)24-16-10-17(13-26(3)12-16)28-8-6-27(7-9-28)15(2)29/h4-5,11,16-17,25H,6-10,12-13H2,1-3H3,(H,24,30)/t16-,17-/m0/s1. The molecule has 2 aliphatic rings. The van der Waals surface area contributed by atoms with Gasteiger partial charge in [-0.3, -0.25) is 14.5 Å². The molecule has 162 valence electrons. The number of hydrogen-bond acceptors (Lipinski definition) is 4. The molecule has 2 N–H and O–H groups in total. The van der Waals surface area contributed by atoms with E-state index in [2.05, 4.69) is 27.1 Å². The molecule has 7 nitrogen and oxygen atoms in total. The number of benzene rings is 1. The Labute approximate surface area is 176 Å². The Bertz CT molecular complexity index is 911. The molecule has 0 unspecified atom stereocenters. The highest BCUT2D eigenvalue weighted by atomic mass is 19.1. The van der Waals surface area contributed by atoms with Crippen molar-refractivity contribution in [2.24, 2.45) is 0 Å². The van der Waals surface area contributed by atoms with Gasteiger partial charge in [0, 0.05) is 63.7 Å². The summed E-state index contributed by atoms with van der Waals surface area (Å²) in [6.07, 6.45) is 0.865. The Morgan fingerprint density at radius 2 is 1.90 bits per heavy atom. The van der Waals surface area contributed by atoms with Crippen LogP contribution in [0.1, 0.15) is 29.4 Å². The van der Waals surface area contributed by atoms with Gasteiger partial charge in [-0.15, -0.1) is 0 Å². The maximum atomic E-state index is 14.1. The number of likely N-dealkylation sites (N-methyl/N-ethyl adjacent to an activating group) is 1. The molecule has 0 spiro atoms. The highest BCUT2D eigenvalue weighted by Crippen LogP contribution is 2.23. The minimum Gasteiger partial charge on any atom is -0.350 e. The summed E-state index contributed by atoms with van der Waals surface area (Å²) in [5.74, 6) is -0.399. The molecule has 2 fully saturated rings. The number of fused-ring (bicyclic) bond motifs is 1. The number of likely N-dealkylation sites (tertiary alicyclic amines) is 1. The van der Waals surface area contributed by atoms with E-state index in [0.29, 0.717) is 22.6 Å². The van der Waals surface area contributed by atoms with Crippen LogP contribution in [0.15, 0.2) is 18.2 Å². The molecule has 8 heteroatoms. The highest BCUT2D eigenvalue weighted by Gasteiger charge is 2.32. The Kier molecular flexibility index (Phi) is 5.79. The molecule has 0 saturated carbocycles. The first kappa shape index (κ1) is 20.8. The molecule has 4 rings (SSSR count). The average Bonchev–Trinajstić information content (AvgIpc) is 3.17. The number of H-pyrrole nitrogens is 1. The lowest BCUT2D eigenvalue weighted by atomic mass is 9.99. The van der Waals surface area contributed by atoms with E-state index in [4.69, 9.17) is 0 Å². The van der Waals surface area contributed by atoms with Gasteiger partial charge in [0.1, 0.15) is 11.5 Å². The zero-order valence-electron chi connectivity index (χ0n) is 17.9. The number of nitrogens with one attached hydrogen (secondary N) is 2. The average molecular weight is 416 g/mol. The van der Waals surface area contributed by atoms with E-state index in [1.807, 2.05) is 11.8 Å². The number of nitrogens with zero attached hydrogens (tertiary/aromatic N) is 3. The highest BCUT2D eigenvalue weighted by molar-refractivity contribution is 5.99. The number of rotatable bonds is 3. The summed E-state index contributed by atoms with van der Waals surface area (Å²) in [4.78, 5) is 34.1. The zero-order valence-corrected chi connectivity index (χ0v) is 17.9. The number of piperazine rings is 1. The molecule has 0 aliphatic carbocycles. The fourth-order valence-corrected chi connectivity index (χ4v) is 4.77. The van der Waals surface area contributed by atoms with E-state index in [1.54, 1.807) is 19.1 Å². The first-order chi connectivity index (χ1) is 14.3. The van der Waals surface area contributed by atoms with Crippen molar-refractivity contribution < 1.29 is 14.0 Å². The van der Waals surface area contributed by atoms with Gasteiger partial charge >= 0.3 is 0 Å². The van der Waals surface area contributed by atoms with Gasteiger partial charge in [-0.2, -0.15) is 0 Å². The summed E-state index contributed by atoms with van der Waals surface area (Å²) in [6, 6.07) is 5.09. The van der Waals surface area contributed by atoms with Crippen molar-refractivity contribution in [2.75, 3.05) is 46.3 Å². The van der Waals surface area contributed by atoms with Crippen LogP contribution < -0.4 is 5.32 Å². The molecular formula is C22H30FN5O2. The van der Waals surface area contributed by atoms with Crippen LogP contribution >= 0.6 is 0 Å². The Morgan fingerprint density at radius 1 is 1.17 bits per heavy atom. The van der Waals surface area contributed by atoms with Crippen LogP contribution in [0.5, 0.6) is 0 Å². The van der Waals surface area contributed by atoms with Crippen molar-refractivity contribution in [1.82, 2.24) is 25.0 Å². The number of carbonyl (C=O) groups excluding carboxylic acids is 2. The van der Waals surface area contributed by atoms with Crippen molar-refractivity contribution in [3.8, 4) is 0 Å². The van der Waals surface area contributed by atoms with Crippen molar-refractivity contribution in [2.45, 2.75) is 32.4 Å². The van der Waals surface area contributed by atoms with Crippen LogP contribution in [0.3, 0.4) is 0 Å². The molecule has 30 heavy (non-hydrogen) atoms. The number of aryl methyl sites for hydroxylation is 1. The number of piperidine rings is 1. The predicted octanol–water partition coefficient (Wildman–Crippen LogP) is 1.58. The van der Waals surface area contributed by atoms with Gasteiger partial charge in [0.2, 0.25) is 5.91 Å². The van der Waals surface area contributed by atoms with Gasteiger partial charge in [0.15, 0.2) is 0 Å². The lowest BCUT2D eigenvalue weighted by Gasteiger charge is -2.44. The minimum atomic E-state index is -0.326. The van der Waals surface area contributed by atoms with E-state index in [0.717, 1.165) is 51.3 Å². The molecular weight excluding hydrogens is 385 g/mol. The number of aromatic nitrogens is 1. The van der Waals surface area contributed by atoms with Crippen molar-refractivity contribution in [1.29, 1.82) is 0 Å². The summed E-state index contributed by atoms with van der Waals surface area (Å²) >= 11 is 0. The summed E-state index contributed by atoms with van der Waals surface area (Å²) in [6.45, 7) is 8.48. The molecule has 1 aromatic carbocycles. The van der Waals surface area contributed by atoms with Crippen molar-refractivity contribution in [3.05, 3.63) is 35.3 Å². The third-order valence-corrected chi connectivity index (χ3v) is 6.42. The normalized spacial score (nSPS) is 23.7. The smallest absolute Gasteiger partial charge is 0.267 e. The zero-order chi connectivity index (χ0) is 21.4. The monoisotopic (exact) mass is 415 g/mol. The number of amides is 2. The van der Waals surface area contributed by atoms with E-state index < -0.39 is 0 Å². The molecule has 1 aromatic heterocycles. The summed E-state index contributed by atoms with van der Waals surface area (Å²) in [7, 11) is 2.07. The maximum Gasteiger partial charge on any atom is 0.267 e. The Balaban J connectivity index is 1.42. The van der Waals surface area contributed by atoms with E-state index in [9.17, 15) is 14.0 Å². The molecule has 2 atom stereocenters.